The van der Waals surface area contributed by atoms with E-state index in [1.165, 1.54) is 21.9 Å². The highest BCUT2D eigenvalue weighted by atomic mass is 79.9. The highest BCUT2D eigenvalue weighted by Crippen LogP contribution is 2.27. The third-order valence-corrected chi connectivity index (χ3v) is 4.59. The number of hydrogen-bond acceptors (Lipinski definition) is 2. The SMILES string of the molecule is Cc1sc(CNc2cc(F)cc(Cl)c2)cc1Br. The summed E-state index contributed by atoms with van der Waals surface area (Å²) in [4.78, 5) is 2.42. The van der Waals surface area contributed by atoms with Crippen molar-refractivity contribution >= 4 is 44.6 Å². The van der Waals surface area contributed by atoms with Gasteiger partial charge in [0.25, 0.3) is 0 Å². The maximum Gasteiger partial charge on any atom is 0.126 e. The van der Waals surface area contributed by atoms with Crippen LogP contribution in [0.2, 0.25) is 5.02 Å². The summed E-state index contributed by atoms with van der Waals surface area (Å²) in [5.74, 6) is -0.330. The number of anilines is 1. The topological polar surface area (TPSA) is 12.0 Å². The third-order valence-electron chi connectivity index (χ3n) is 2.24. The minimum Gasteiger partial charge on any atom is -0.380 e. The van der Waals surface area contributed by atoms with E-state index in [1.807, 2.05) is 0 Å². The quantitative estimate of drug-likeness (QED) is 0.811. The summed E-state index contributed by atoms with van der Waals surface area (Å²) in [5.41, 5.74) is 0.692. The molecule has 0 aliphatic heterocycles. The summed E-state index contributed by atoms with van der Waals surface area (Å²) in [6, 6.07) is 6.49. The lowest BCUT2D eigenvalue weighted by Crippen LogP contribution is -1.97. The predicted molar refractivity (Wildman–Crippen MR) is 75.5 cm³/mol. The van der Waals surface area contributed by atoms with Crippen molar-refractivity contribution in [3.05, 3.63) is 49.3 Å². The molecule has 1 aromatic carbocycles. The molecule has 0 atom stereocenters. The first kappa shape index (κ1) is 12.9. The second-order valence-electron chi connectivity index (χ2n) is 3.63. The Kier molecular flexibility index (Phi) is 4.07. The van der Waals surface area contributed by atoms with Crippen LogP contribution in [0, 0.1) is 12.7 Å². The van der Waals surface area contributed by atoms with Crippen molar-refractivity contribution in [2.75, 3.05) is 5.32 Å². The van der Waals surface area contributed by atoms with Gasteiger partial charge in [-0.1, -0.05) is 11.6 Å². The lowest BCUT2D eigenvalue weighted by Gasteiger charge is -2.05. The first-order valence-corrected chi connectivity index (χ1v) is 6.98. The second-order valence-corrected chi connectivity index (χ2v) is 6.26. The number of rotatable bonds is 3. The van der Waals surface area contributed by atoms with Gasteiger partial charge in [-0.25, -0.2) is 4.39 Å². The lowest BCUT2D eigenvalue weighted by atomic mass is 10.3. The van der Waals surface area contributed by atoms with E-state index in [-0.39, 0.29) is 5.82 Å². The van der Waals surface area contributed by atoms with Gasteiger partial charge in [0.1, 0.15) is 5.82 Å². The molecule has 1 aromatic heterocycles. The fourth-order valence-corrected chi connectivity index (χ4v) is 3.21. The minimum absolute atomic E-state index is 0.330. The molecular weight excluding hydrogens is 325 g/mol. The van der Waals surface area contributed by atoms with Gasteiger partial charge in [-0.2, -0.15) is 0 Å². The zero-order valence-electron chi connectivity index (χ0n) is 9.06. The Morgan fingerprint density at radius 2 is 2.12 bits per heavy atom. The number of benzene rings is 1. The molecule has 2 aromatic rings. The van der Waals surface area contributed by atoms with E-state index < -0.39 is 0 Å². The number of aryl methyl sites for hydroxylation is 1. The Balaban J connectivity index is 2.07. The molecule has 90 valence electrons. The molecule has 0 unspecified atom stereocenters. The predicted octanol–water partition coefficient (Wildman–Crippen LogP) is 5.22. The summed E-state index contributed by atoms with van der Waals surface area (Å²) in [7, 11) is 0. The van der Waals surface area contributed by atoms with Crippen LogP contribution in [0.1, 0.15) is 9.75 Å². The molecule has 5 heteroatoms. The molecular formula is C12H10BrClFNS. The summed E-state index contributed by atoms with van der Waals surface area (Å²) in [6.07, 6.45) is 0. The van der Waals surface area contributed by atoms with E-state index in [2.05, 4.69) is 34.2 Å². The number of halogens is 3. The molecule has 0 spiro atoms. The van der Waals surface area contributed by atoms with Gasteiger partial charge in [0.2, 0.25) is 0 Å². The van der Waals surface area contributed by atoms with Gasteiger partial charge < -0.3 is 5.32 Å². The fourth-order valence-electron chi connectivity index (χ4n) is 1.45. The van der Waals surface area contributed by atoms with E-state index in [9.17, 15) is 4.39 Å². The first-order chi connectivity index (χ1) is 8.04. The summed E-state index contributed by atoms with van der Waals surface area (Å²) in [5, 5.41) is 3.55. The van der Waals surface area contributed by atoms with Crippen LogP contribution < -0.4 is 5.32 Å². The minimum atomic E-state index is -0.330. The van der Waals surface area contributed by atoms with Crippen LogP contribution in [-0.2, 0) is 6.54 Å². The molecule has 0 saturated carbocycles. The average Bonchev–Trinajstić information content (AvgIpc) is 2.54. The van der Waals surface area contributed by atoms with Gasteiger partial charge in [-0.15, -0.1) is 11.3 Å². The summed E-state index contributed by atoms with van der Waals surface area (Å²) >= 11 is 10.9. The zero-order chi connectivity index (χ0) is 12.4. The average molecular weight is 335 g/mol. The monoisotopic (exact) mass is 333 g/mol. The Hall–Kier alpha value is -0.580. The Morgan fingerprint density at radius 3 is 2.71 bits per heavy atom. The number of nitrogens with one attached hydrogen (secondary N) is 1. The van der Waals surface area contributed by atoms with Crippen LogP contribution in [0.5, 0.6) is 0 Å². The van der Waals surface area contributed by atoms with Gasteiger partial charge in [0, 0.05) is 31.5 Å². The summed E-state index contributed by atoms with van der Waals surface area (Å²) < 4.78 is 14.2. The van der Waals surface area contributed by atoms with Gasteiger partial charge in [0.15, 0.2) is 0 Å². The van der Waals surface area contributed by atoms with Crippen molar-refractivity contribution in [1.82, 2.24) is 0 Å². The Bertz CT molecular complexity index is 502. The van der Waals surface area contributed by atoms with Gasteiger partial charge >= 0.3 is 0 Å². The molecule has 0 radical (unpaired) electrons. The molecule has 1 N–H and O–H groups in total. The van der Waals surface area contributed by atoms with Crippen molar-refractivity contribution in [3.63, 3.8) is 0 Å². The fraction of sp³-hybridized carbons (Fsp3) is 0.167. The van der Waals surface area contributed by atoms with Crippen molar-refractivity contribution in [2.45, 2.75) is 13.5 Å². The Morgan fingerprint density at radius 1 is 1.35 bits per heavy atom. The van der Waals surface area contributed by atoms with Crippen LogP contribution in [0.4, 0.5) is 10.1 Å². The molecule has 0 amide bonds. The van der Waals surface area contributed by atoms with E-state index in [0.717, 1.165) is 4.47 Å². The highest BCUT2D eigenvalue weighted by Gasteiger charge is 2.03. The largest absolute Gasteiger partial charge is 0.380 e. The van der Waals surface area contributed by atoms with Gasteiger partial charge in [-0.3, -0.25) is 0 Å². The highest BCUT2D eigenvalue weighted by molar-refractivity contribution is 9.10. The van der Waals surface area contributed by atoms with Crippen molar-refractivity contribution in [2.24, 2.45) is 0 Å². The molecule has 1 nitrogen and oxygen atoms in total. The Labute approximate surface area is 117 Å². The molecule has 0 fully saturated rings. The van der Waals surface area contributed by atoms with Crippen LogP contribution in [0.3, 0.4) is 0 Å². The van der Waals surface area contributed by atoms with Gasteiger partial charge in [0.05, 0.1) is 0 Å². The first-order valence-electron chi connectivity index (χ1n) is 4.99. The van der Waals surface area contributed by atoms with E-state index in [1.54, 1.807) is 17.4 Å². The van der Waals surface area contributed by atoms with E-state index in [0.29, 0.717) is 17.3 Å². The number of hydrogen-bond donors (Lipinski definition) is 1. The van der Waals surface area contributed by atoms with Crippen LogP contribution in [0.15, 0.2) is 28.7 Å². The number of thiophene rings is 1. The second kappa shape index (κ2) is 5.38. The molecule has 0 aliphatic carbocycles. The lowest BCUT2D eigenvalue weighted by molar-refractivity contribution is 0.628. The third kappa shape index (κ3) is 3.44. The maximum atomic E-state index is 13.1. The van der Waals surface area contributed by atoms with Crippen LogP contribution in [0.25, 0.3) is 0 Å². The normalized spacial score (nSPS) is 10.6. The van der Waals surface area contributed by atoms with E-state index in [4.69, 9.17) is 11.6 Å². The van der Waals surface area contributed by atoms with Crippen molar-refractivity contribution < 1.29 is 4.39 Å². The van der Waals surface area contributed by atoms with Gasteiger partial charge in [-0.05, 0) is 47.1 Å². The molecule has 0 saturated heterocycles. The van der Waals surface area contributed by atoms with Crippen molar-refractivity contribution in [3.8, 4) is 0 Å². The standard InChI is InChI=1S/C12H10BrClFNS/c1-7-12(13)5-11(17-7)6-16-10-3-8(14)2-9(15)4-10/h2-5,16H,6H2,1H3. The van der Waals surface area contributed by atoms with Crippen LogP contribution in [-0.4, -0.2) is 0 Å². The van der Waals surface area contributed by atoms with Crippen molar-refractivity contribution in [1.29, 1.82) is 0 Å². The van der Waals surface area contributed by atoms with Crippen LogP contribution >= 0.6 is 38.9 Å². The maximum absolute atomic E-state index is 13.1. The molecule has 17 heavy (non-hydrogen) atoms. The molecule has 2 rings (SSSR count). The van der Waals surface area contributed by atoms with E-state index >= 15 is 0 Å². The molecule has 1 heterocycles. The summed E-state index contributed by atoms with van der Waals surface area (Å²) in [6.45, 7) is 2.72. The smallest absolute Gasteiger partial charge is 0.126 e. The molecule has 0 aliphatic rings. The zero-order valence-corrected chi connectivity index (χ0v) is 12.2. The molecule has 0 bridgehead atoms.